The summed E-state index contributed by atoms with van der Waals surface area (Å²) in [5, 5.41) is 5.30. The van der Waals surface area contributed by atoms with Crippen LogP contribution in [0.5, 0.6) is 0 Å². The second-order valence-corrected chi connectivity index (χ2v) is 10.2. The van der Waals surface area contributed by atoms with Crippen molar-refractivity contribution < 1.29 is 38.2 Å². The van der Waals surface area contributed by atoms with Crippen molar-refractivity contribution in [1.29, 1.82) is 0 Å². The van der Waals surface area contributed by atoms with Gasteiger partial charge >= 0.3 is 24.0 Å². The number of urea groups is 2. The second kappa shape index (κ2) is 18.2. The third-order valence-corrected chi connectivity index (χ3v) is 7.11. The van der Waals surface area contributed by atoms with Crippen LogP contribution in [0, 0.1) is 0 Å². The number of hydrogen-bond donors (Lipinski definition) is 2. The van der Waals surface area contributed by atoms with Crippen LogP contribution in [-0.2, 0) is 28.7 Å². The molecule has 0 aromatic heterocycles. The number of nitrogens with zero attached hydrogens (tertiary/aromatic N) is 2. The van der Waals surface area contributed by atoms with E-state index in [1.807, 2.05) is 0 Å². The quantitative estimate of drug-likeness (QED) is 0.122. The molecular weight excluding hydrogens is 520 g/mol. The van der Waals surface area contributed by atoms with E-state index in [9.17, 15) is 28.8 Å². The maximum Gasteiger partial charge on any atom is 0.324 e. The average Bonchev–Trinajstić information content (AvgIpc) is 3.35. The largest absolute Gasteiger partial charge is 0.466 e. The number of unbranched alkanes of at least 4 members (excludes halogenated alkanes) is 9. The molecule has 226 valence electrons. The zero-order valence-electron chi connectivity index (χ0n) is 24.0. The fourth-order valence-corrected chi connectivity index (χ4v) is 4.91. The average molecular weight is 567 g/mol. The Kier molecular flexibility index (Phi) is 15.0. The molecule has 0 bridgehead atoms. The highest BCUT2D eigenvalue weighted by Crippen LogP contribution is 2.16. The van der Waals surface area contributed by atoms with Gasteiger partial charge in [-0.3, -0.25) is 29.0 Å². The first-order chi connectivity index (χ1) is 19.3. The van der Waals surface area contributed by atoms with Crippen LogP contribution in [0.15, 0.2) is 0 Å². The maximum atomic E-state index is 12.4. The van der Waals surface area contributed by atoms with Gasteiger partial charge in [0.25, 0.3) is 11.8 Å². The molecule has 40 heavy (non-hydrogen) atoms. The lowest BCUT2D eigenvalue weighted by Crippen LogP contribution is -2.32. The van der Waals surface area contributed by atoms with Gasteiger partial charge < -0.3 is 20.1 Å². The Bertz CT molecular complexity index is 810. The minimum Gasteiger partial charge on any atom is -0.466 e. The molecule has 2 saturated heterocycles. The molecule has 12 nitrogen and oxygen atoms in total. The van der Waals surface area contributed by atoms with Crippen LogP contribution in [0.1, 0.15) is 104 Å². The minimum absolute atomic E-state index is 0.105. The summed E-state index contributed by atoms with van der Waals surface area (Å²) >= 11 is 0. The smallest absolute Gasteiger partial charge is 0.324 e. The van der Waals surface area contributed by atoms with E-state index in [-0.39, 0.29) is 61.5 Å². The van der Waals surface area contributed by atoms with E-state index in [1.165, 1.54) is 9.80 Å². The Hall–Kier alpha value is -3.18. The Labute approximate surface area is 236 Å². The van der Waals surface area contributed by atoms with Crippen molar-refractivity contribution >= 4 is 35.8 Å². The minimum atomic E-state index is -0.648. The standard InChI is InChI=1S/C28H46N4O8/c1-3-39-23(33)17-15-21-25(35)31(27(37)29-21)19-13-11-9-7-5-6-8-10-12-14-20-32-26(36)22(30-28(32)38)16-18-24(34)40-4-2/h21-22H,3-20H2,1-2H3,(H,29,37)(H,30,38). The summed E-state index contributed by atoms with van der Waals surface area (Å²) in [7, 11) is 0. The fraction of sp³-hybridized carbons (Fsp3) is 0.786. The van der Waals surface area contributed by atoms with Crippen LogP contribution in [0.3, 0.4) is 0 Å². The first-order valence-corrected chi connectivity index (χ1v) is 14.8. The van der Waals surface area contributed by atoms with Gasteiger partial charge in [-0.15, -0.1) is 0 Å². The molecule has 0 aromatic carbocycles. The summed E-state index contributed by atoms with van der Waals surface area (Å²) in [6, 6.07) is -2.07. The molecule has 0 aromatic rings. The Balaban J connectivity index is 1.45. The van der Waals surface area contributed by atoms with Crippen LogP contribution in [0.2, 0.25) is 0 Å². The van der Waals surface area contributed by atoms with E-state index in [1.54, 1.807) is 13.8 Å². The number of esters is 2. The topological polar surface area (TPSA) is 151 Å². The Morgan fingerprint density at radius 3 is 1.25 bits per heavy atom. The van der Waals surface area contributed by atoms with E-state index in [0.29, 0.717) is 26.3 Å². The molecular formula is C28H46N4O8. The van der Waals surface area contributed by atoms with Crippen molar-refractivity contribution in [3.63, 3.8) is 0 Å². The first-order valence-electron chi connectivity index (χ1n) is 14.8. The van der Waals surface area contributed by atoms with E-state index >= 15 is 0 Å². The number of rotatable bonds is 21. The third kappa shape index (κ3) is 11.1. The highest BCUT2D eigenvalue weighted by molar-refractivity contribution is 6.04. The van der Waals surface area contributed by atoms with Gasteiger partial charge in [-0.25, -0.2) is 9.59 Å². The lowest BCUT2D eigenvalue weighted by molar-refractivity contribution is -0.144. The van der Waals surface area contributed by atoms with Gasteiger partial charge in [0.2, 0.25) is 0 Å². The highest BCUT2D eigenvalue weighted by atomic mass is 16.5. The van der Waals surface area contributed by atoms with Crippen LogP contribution in [0.25, 0.3) is 0 Å². The zero-order valence-corrected chi connectivity index (χ0v) is 24.0. The number of carbonyl (C=O) groups excluding carboxylic acids is 6. The molecule has 2 rings (SSSR count). The summed E-state index contributed by atoms with van der Waals surface area (Å²) in [5.41, 5.74) is 0. The summed E-state index contributed by atoms with van der Waals surface area (Å²) in [5.74, 6) is -1.26. The molecule has 6 amide bonds. The molecule has 2 atom stereocenters. The van der Waals surface area contributed by atoms with E-state index in [4.69, 9.17) is 9.47 Å². The van der Waals surface area contributed by atoms with Crippen molar-refractivity contribution in [2.75, 3.05) is 26.3 Å². The molecule has 0 aliphatic carbocycles. The summed E-state index contributed by atoms with van der Waals surface area (Å²) in [6.07, 6.45) is 10.6. The van der Waals surface area contributed by atoms with E-state index in [2.05, 4.69) is 10.6 Å². The van der Waals surface area contributed by atoms with Gasteiger partial charge in [0.15, 0.2) is 0 Å². The molecule has 2 aliphatic rings. The van der Waals surface area contributed by atoms with Gasteiger partial charge in [0.05, 0.1) is 13.2 Å². The molecule has 2 unspecified atom stereocenters. The number of hydrogen-bond acceptors (Lipinski definition) is 8. The van der Waals surface area contributed by atoms with Crippen molar-refractivity contribution in [2.24, 2.45) is 0 Å². The van der Waals surface area contributed by atoms with Gasteiger partial charge in [-0.05, 0) is 39.5 Å². The lowest BCUT2D eigenvalue weighted by Gasteiger charge is -2.13. The number of nitrogens with one attached hydrogen (secondary N) is 2. The first kappa shape index (κ1) is 33.0. The van der Waals surface area contributed by atoms with E-state index < -0.39 is 12.1 Å². The van der Waals surface area contributed by atoms with Crippen molar-refractivity contribution in [2.45, 2.75) is 116 Å². The monoisotopic (exact) mass is 566 g/mol. The normalized spacial score (nSPS) is 18.8. The number of carbonyl (C=O) groups is 6. The van der Waals surface area contributed by atoms with Crippen LogP contribution in [-0.4, -0.2) is 84.0 Å². The lowest BCUT2D eigenvalue weighted by atomic mass is 10.1. The Morgan fingerprint density at radius 1 is 0.600 bits per heavy atom. The van der Waals surface area contributed by atoms with Gasteiger partial charge in [0.1, 0.15) is 12.1 Å². The number of amides is 6. The summed E-state index contributed by atoms with van der Waals surface area (Å²) < 4.78 is 9.74. The molecule has 0 saturated carbocycles. The summed E-state index contributed by atoms with van der Waals surface area (Å²) in [6.45, 7) is 4.82. The van der Waals surface area contributed by atoms with Crippen molar-refractivity contribution in [1.82, 2.24) is 20.4 Å². The molecule has 2 fully saturated rings. The molecule has 0 spiro atoms. The number of ether oxygens (including phenoxy) is 2. The van der Waals surface area contributed by atoms with Gasteiger partial charge in [-0.2, -0.15) is 0 Å². The molecule has 12 heteroatoms. The molecule has 2 aliphatic heterocycles. The number of imide groups is 2. The molecule has 0 radical (unpaired) electrons. The molecule has 2 N–H and O–H groups in total. The van der Waals surface area contributed by atoms with Gasteiger partial charge in [-0.1, -0.05) is 51.4 Å². The van der Waals surface area contributed by atoms with Crippen molar-refractivity contribution in [3.05, 3.63) is 0 Å². The zero-order chi connectivity index (χ0) is 29.3. The summed E-state index contributed by atoms with van der Waals surface area (Å²) in [4.78, 5) is 74.5. The van der Waals surface area contributed by atoms with Crippen LogP contribution in [0.4, 0.5) is 9.59 Å². The Morgan fingerprint density at radius 2 is 0.925 bits per heavy atom. The highest BCUT2D eigenvalue weighted by Gasteiger charge is 2.38. The fourth-order valence-electron chi connectivity index (χ4n) is 4.91. The van der Waals surface area contributed by atoms with E-state index in [0.717, 1.165) is 64.2 Å². The predicted octanol–water partition coefficient (Wildman–Crippen LogP) is 3.41. The second-order valence-electron chi connectivity index (χ2n) is 10.2. The SMILES string of the molecule is CCOC(=O)CCC1NC(=O)N(CCCCCCCCCCCCN2C(=O)NC(CCC(=O)OCC)C2=O)C1=O. The third-order valence-electron chi connectivity index (χ3n) is 7.11. The predicted molar refractivity (Wildman–Crippen MR) is 146 cm³/mol. The van der Waals surface area contributed by atoms with Gasteiger partial charge in [0, 0.05) is 25.9 Å². The maximum absolute atomic E-state index is 12.4. The van der Waals surface area contributed by atoms with Crippen LogP contribution < -0.4 is 10.6 Å². The molecule has 2 heterocycles. The van der Waals surface area contributed by atoms with Crippen LogP contribution >= 0.6 is 0 Å². The van der Waals surface area contributed by atoms with Crippen molar-refractivity contribution in [3.8, 4) is 0 Å².